The maximum atomic E-state index is 9.80. The number of benzene rings is 3. The Balaban J connectivity index is 0.000000221. The second-order valence-corrected chi connectivity index (χ2v) is 11.6. The maximum Gasteiger partial charge on any atom is -0.0166 e. The fraction of sp³-hybridized carbons (Fsp3) is 0.194. The maximum absolute atomic E-state index is 9.80. The second-order valence-electron chi connectivity index (χ2n) is 9.05. The molecule has 0 atom stereocenters. The molecular weight excluding hydrogens is 533 g/mol. The summed E-state index contributed by atoms with van der Waals surface area (Å²) in [5.74, 6) is 0. The topological polar surface area (TPSA) is 0 Å². The summed E-state index contributed by atoms with van der Waals surface area (Å²) in [5.41, 5.74) is 4.39. The van der Waals surface area contributed by atoms with Gasteiger partial charge < -0.3 is 0 Å². The van der Waals surface area contributed by atoms with E-state index in [1.54, 1.807) is 0 Å². The summed E-state index contributed by atoms with van der Waals surface area (Å²) in [6.45, 7) is 10.9. The second kappa shape index (κ2) is 12.8. The standard InChI is InChI=1S/C21H16P.C10H15.2FH.Zr/c1-3-11-19(12-4-1)22(20-13-5-2-6-14-20)21-15-17-9-7-8-10-18(17)16-21;1-7-6-10(4,5)9(3)8(7)2;;;/h1-16H;1-5H3;2*1H;/q2*-1;;;+4/p-2. The van der Waals surface area contributed by atoms with Crippen molar-refractivity contribution in [2.45, 2.75) is 34.6 Å². The van der Waals surface area contributed by atoms with Crippen molar-refractivity contribution in [1.29, 1.82) is 0 Å². The van der Waals surface area contributed by atoms with E-state index in [1.807, 2.05) is 0 Å². The predicted octanol–water partition coefficient (Wildman–Crippen LogP) is 8.27. The summed E-state index contributed by atoms with van der Waals surface area (Å²) < 4.78 is 19.6. The fourth-order valence-electron chi connectivity index (χ4n) is 4.27. The van der Waals surface area contributed by atoms with Crippen LogP contribution in [0.25, 0.3) is 10.8 Å². The molecule has 0 amide bonds. The Morgan fingerprint density at radius 2 is 1.26 bits per heavy atom. The molecule has 0 saturated heterocycles. The Hall–Kier alpha value is -2.08. The van der Waals surface area contributed by atoms with E-state index < -0.39 is 32.4 Å². The molecule has 4 aromatic carbocycles. The fourth-order valence-corrected chi connectivity index (χ4v) is 6.64. The molecule has 5 rings (SSSR count). The Morgan fingerprint density at radius 3 is 1.66 bits per heavy atom. The first-order valence-corrected chi connectivity index (χ1v) is 14.8. The third kappa shape index (κ3) is 7.00. The Kier molecular flexibility index (Phi) is 10.0. The molecule has 0 bridgehead atoms. The average Bonchev–Trinajstić information content (AvgIpc) is 3.35. The van der Waals surface area contributed by atoms with Crippen molar-refractivity contribution in [3.05, 3.63) is 120 Å². The molecule has 0 saturated carbocycles. The van der Waals surface area contributed by atoms with Gasteiger partial charge in [-0.25, -0.2) is 5.57 Å². The monoisotopic (exact) mass is 562 g/mol. The normalized spacial score (nSPS) is 14.0. The summed E-state index contributed by atoms with van der Waals surface area (Å²) in [6, 6.07) is 35.0. The van der Waals surface area contributed by atoms with Gasteiger partial charge in [0.05, 0.1) is 0 Å². The summed E-state index contributed by atoms with van der Waals surface area (Å²) in [5, 5.41) is 6.89. The summed E-state index contributed by atoms with van der Waals surface area (Å²) in [4.78, 5) is 0. The van der Waals surface area contributed by atoms with E-state index >= 15 is 0 Å². The quantitative estimate of drug-likeness (QED) is 0.174. The van der Waals surface area contributed by atoms with Crippen molar-refractivity contribution in [2.75, 3.05) is 0 Å². The molecule has 0 spiro atoms. The number of allylic oxidation sites excluding steroid dienone is 4. The smallest absolute Gasteiger partial charge is 0.0166 e. The van der Waals surface area contributed by atoms with Gasteiger partial charge in [0.25, 0.3) is 0 Å². The van der Waals surface area contributed by atoms with Crippen LogP contribution in [0.5, 0.6) is 0 Å². The first-order chi connectivity index (χ1) is 16.8. The summed E-state index contributed by atoms with van der Waals surface area (Å²) in [6.07, 6.45) is 3.44. The van der Waals surface area contributed by atoms with Crippen LogP contribution in [0.3, 0.4) is 0 Å². The van der Waals surface area contributed by atoms with Gasteiger partial charge in [-0.3, -0.25) is 6.08 Å². The van der Waals surface area contributed by atoms with Crippen LogP contribution in [-0.4, -0.2) is 0 Å². The molecule has 1 aliphatic carbocycles. The van der Waals surface area contributed by atoms with Gasteiger partial charge in [0.1, 0.15) is 0 Å². The van der Waals surface area contributed by atoms with Crippen molar-refractivity contribution >= 4 is 34.6 Å². The Bertz CT molecular complexity index is 1210. The van der Waals surface area contributed by atoms with Crippen LogP contribution in [0.1, 0.15) is 34.6 Å². The molecule has 4 aromatic rings. The third-order valence-corrected chi connectivity index (χ3v) is 8.86. The molecule has 178 valence electrons. The molecule has 4 heteroatoms. The van der Waals surface area contributed by atoms with E-state index in [0.717, 1.165) is 0 Å². The zero-order chi connectivity index (χ0) is 25.4. The first kappa shape index (κ1) is 27.5. The number of hydrogen-bond acceptors (Lipinski definition) is 0. The van der Waals surface area contributed by atoms with Gasteiger partial charge >= 0.3 is 29.7 Å². The number of fused-ring (bicyclic) bond motifs is 1. The largest absolute Gasteiger partial charge is 0.160 e. The summed E-state index contributed by atoms with van der Waals surface area (Å²) >= 11 is -2.77. The Morgan fingerprint density at radius 1 is 0.771 bits per heavy atom. The van der Waals surface area contributed by atoms with E-state index in [1.165, 1.54) is 43.4 Å². The van der Waals surface area contributed by atoms with Crippen molar-refractivity contribution in [2.24, 2.45) is 5.41 Å². The number of rotatable bonds is 3. The van der Waals surface area contributed by atoms with Crippen LogP contribution < -0.4 is 15.9 Å². The number of hydrogen-bond donors (Lipinski definition) is 0. The zero-order valence-electron chi connectivity index (χ0n) is 20.9. The number of halogens is 2. The van der Waals surface area contributed by atoms with E-state index in [9.17, 15) is 5.25 Å². The van der Waals surface area contributed by atoms with Crippen LogP contribution >= 0.6 is 7.92 Å². The Labute approximate surface area is 223 Å². The van der Waals surface area contributed by atoms with E-state index in [4.69, 9.17) is 0 Å². The first-order valence-electron chi connectivity index (χ1n) is 11.6. The van der Waals surface area contributed by atoms with Crippen molar-refractivity contribution in [1.82, 2.24) is 0 Å². The minimum absolute atomic E-state index is 0.189. The van der Waals surface area contributed by atoms with Gasteiger partial charge in [-0.1, -0.05) is 99.8 Å². The third-order valence-electron chi connectivity index (χ3n) is 6.45. The van der Waals surface area contributed by atoms with Gasteiger partial charge in [0.2, 0.25) is 0 Å². The molecule has 0 unspecified atom stereocenters. The van der Waals surface area contributed by atoms with Crippen LogP contribution in [0, 0.1) is 11.5 Å². The zero-order valence-corrected chi connectivity index (χ0v) is 24.3. The van der Waals surface area contributed by atoms with Crippen LogP contribution in [0.4, 0.5) is 5.25 Å². The SMILES string of the molecule is CC1=[C-]C(C)(C)C(C)=C1C.[F][Zr+2][F].c1ccc(P(c2ccccc2)c2cc3ccccc3[cH-]2)cc1. The van der Waals surface area contributed by atoms with Crippen molar-refractivity contribution < 1.29 is 29.7 Å². The van der Waals surface area contributed by atoms with Gasteiger partial charge in [0, 0.05) is 0 Å². The van der Waals surface area contributed by atoms with E-state index in [-0.39, 0.29) is 5.41 Å². The van der Waals surface area contributed by atoms with E-state index in [0.29, 0.717) is 0 Å². The van der Waals surface area contributed by atoms with Gasteiger partial charge in [0.15, 0.2) is 0 Å². The van der Waals surface area contributed by atoms with Crippen molar-refractivity contribution in [3.8, 4) is 0 Å². The molecule has 0 fully saturated rings. The predicted molar refractivity (Wildman–Crippen MR) is 145 cm³/mol. The molecule has 0 aromatic heterocycles. The van der Waals surface area contributed by atoms with Crippen LogP contribution in [-0.2, 0) is 24.5 Å². The molecule has 35 heavy (non-hydrogen) atoms. The molecular formula is C31H31F2PZr. The van der Waals surface area contributed by atoms with Gasteiger partial charge in [-0.05, 0) is 18.5 Å². The average molecular weight is 564 g/mol. The van der Waals surface area contributed by atoms with Crippen LogP contribution in [0.2, 0.25) is 0 Å². The van der Waals surface area contributed by atoms with Crippen LogP contribution in [0.15, 0.2) is 114 Å². The minimum Gasteiger partial charge on any atom is -0.160 e. The molecule has 0 radical (unpaired) electrons. The molecule has 0 nitrogen and oxygen atoms in total. The van der Waals surface area contributed by atoms with E-state index in [2.05, 4.69) is 138 Å². The molecule has 0 heterocycles. The van der Waals surface area contributed by atoms with Gasteiger partial charge in [-0.15, -0.1) is 47.3 Å². The molecule has 1 aliphatic rings. The molecule has 0 aliphatic heterocycles. The van der Waals surface area contributed by atoms with Crippen molar-refractivity contribution in [3.63, 3.8) is 0 Å². The van der Waals surface area contributed by atoms with Gasteiger partial charge in [-0.2, -0.15) is 17.2 Å². The molecule has 0 N–H and O–H groups in total. The minimum atomic E-state index is -2.77. The summed E-state index contributed by atoms with van der Waals surface area (Å²) in [7, 11) is -0.493.